The second-order valence-corrected chi connectivity index (χ2v) is 6.84. The average molecular weight is 295 g/mol. The van der Waals surface area contributed by atoms with E-state index in [4.69, 9.17) is 0 Å². The minimum atomic E-state index is 0.551. The summed E-state index contributed by atoms with van der Waals surface area (Å²) >= 11 is 1.81. The van der Waals surface area contributed by atoms with Crippen LogP contribution in [0.1, 0.15) is 25.3 Å². The van der Waals surface area contributed by atoms with Gasteiger partial charge in [-0.05, 0) is 75.4 Å². The van der Waals surface area contributed by atoms with Crippen molar-refractivity contribution in [2.45, 2.75) is 38.3 Å². The molecule has 0 aliphatic carbocycles. The smallest absolute Gasteiger partial charge is 0.0376 e. The molecule has 2 heterocycles. The Morgan fingerprint density at radius 2 is 2.25 bits per heavy atom. The number of hydrogen-bond donors (Lipinski definition) is 1. The van der Waals surface area contributed by atoms with Gasteiger partial charge in [0.2, 0.25) is 0 Å². The first-order valence-corrected chi connectivity index (χ1v) is 8.78. The number of nitrogens with one attached hydrogen (secondary N) is 1. The summed E-state index contributed by atoms with van der Waals surface area (Å²) < 4.78 is 0. The maximum absolute atomic E-state index is 3.79. The lowest BCUT2D eigenvalue weighted by Gasteiger charge is -2.35. The SMILES string of the molecule is CCCNC(Cc1ccsc1)C1CN(C)CCCN1C. The van der Waals surface area contributed by atoms with E-state index in [0.717, 1.165) is 13.0 Å². The molecule has 2 unspecified atom stereocenters. The molecule has 1 aromatic rings. The highest BCUT2D eigenvalue weighted by Crippen LogP contribution is 2.16. The lowest BCUT2D eigenvalue weighted by molar-refractivity contribution is 0.177. The van der Waals surface area contributed by atoms with Crippen molar-refractivity contribution in [2.75, 3.05) is 40.3 Å². The summed E-state index contributed by atoms with van der Waals surface area (Å²) in [7, 11) is 4.55. The fourth-order valence-corrected chi connectivity index (χ4v) is 3.76. The van der Waals surface area contributed by atoms with Crippen molar-refractivity contribution in [1.29, 1.82) is 0 Å². The van der Waals surface area contributed by atoms with Crippen molar-refractivity contribution < 1.29 is 0 Å². The maximum atomic E-state index is 3.79. The molecular weight excluding hydrogens is 266 g/mol. The van der Waals surface area contributed by atoms with Gasteiger partial charge in [-0.25, -0.2) is 0 Å². The first kappa shape index (κ1) is 16.0. The predicted octanol–water partition coefficient (Wildman–Crippen LogP) is 2.29. The van der Waals surface area contributed by atoms with Crippen LogP contribution in [0.5, 0.6) is 0 Å². The molecule has 0 radical (unpaired) electrons. The molecule has 114 valence electrons. The number of nitrogens with zero attached hydrogens (tertiary/aromatic N) is 2. The van der Waals surface area contributed by atoms with Crippen LogP contribution in [0.2, 0.25) is 0 Å². The van der Waals surface area contributed by atoms with Gasteiger partial charge in [-0.2, -0.15) is 11.3 Å². The Kier molecular flexibility index (Phi) is 6.49. The Morgan fingerprint density at radius 1 is 1.40 bits per heavy atom. The molecule has 1 aliphatic heterocycles. The zero-order valence-electron chi connectivity index (χ0n) is 13.1. The summed E-state index contributed by atoms with van der Waals surface area (Å²) in [6, 6.07) is 3.43. The Morgan fingerprint density at radius 3 is 2.95 bits per heavy atom. The number of hydrogen-bond acceptors (Lipinski definition) is 4. The molecule has 4 heteroatoms. The van der Waals surface area contributed by atoms with E-state index in [1.165, 1.54) is 38.0 Å². The fraction of sp³-hybridized carbons (Fsp3) is 0.750. The lowest BCUT2D eigenvalue weighted by Crippen LogP contribution is -2.53. The third-order valence-electron chi connectivity index (χ3n) is 4.27. The molecule has 0 aromatic carbocycles. The van der Waals surface area contributed by atoms with Crippen LogP contribution in [0, 0.1) is 0 Å². The monoisotopic (exact) mass is 295 g/mol. The molecular formula is C16H29N3S. The molecule has 2 rings (SSSR count). The molecule has 0 spiro atoms. The van der Waals surface area contributed by atoms with Crippen molar-refractivity contribution >= 4 is 11.3 Å². The topological polar surface area (TPSA) is 18.5 Å². The van der Waals surface area contributed by atoms with Gasteiger partial charge >= 0.3 is 0 Å². The van der Waals surface area contributed by atoms with E-state index in [-0.39, 0.29) is 0 Å². The summed E-state index contributed by atoms with van der Waals surface area (Å²) in [6.07, 6.45) is 3.63. The number of rotatable bonds is 6. The van der Waals surface area contributed by atoms with E-state index in [1.807, 2.05) is 0 Å². The van der Waals surface area contributed by atoms with Crippen molar-refractivity contribution in [3.05, 3.63) is 22.4 Å². The third-order valence-corrected chi connectivity index (χ3v) is 5.00. The molecule has 1 aliphatic rings. The van der Waals surface area contributed by atoms with Gasteiger partial charge in [0, 0.05) is 18.6 Å². The summed E-state index contributed by atoms with van der Waals surface area (Å²) in [5.74, 6) is 0. The molecule has 1 N–H and O–H groups in total. The highest BCUT2D eigenvalue weighted by atomic mass is 32.1. The van der Waals surface area contributed by atoms with Crippen molar-refractivity contribution in [3.63, 3.8) is 0 Å². The van der Waals surface area contributed by atoms with Gasteiger partial charge < -0.3 is 15.1 Å². The zero-order chi connectivity index (χ0) is 14.4. The van der Waals surface area contributed by atoms with Crippen LogP contribution in [0.15, 0.2) is 16.8 Å². The third kappa shape index (κ3) is 4.55. The molecule has 1 saturated heterocycles. The fourth-order valence-electron chi connectivity index (χ4n) is 3.08. The minimum absolute atomic E-state index is 0.551. The quantitative estimate of drug-likeness (QED) is 0.869. The molecule has 0 bridgehead atoms. The van der Waals surface area contributed by atoms with Crippen LogP contribution in [-0.2, 0) is 6.42 Å². The van der Waals surface area contributed by atoms with E-state index < -0.39 is 0 Å². The molecule has 3 nitrogen and oxygen atoms in total. The van der Waals surface area contributed by atoms with E-state index in [2.05, 4.69) is 53.0 Å². The van der Waals surface area contributed by atoms with Gasteiger partial charge in [-0.15, -0.1) is 0 Å². The normalized spacial score (nSPS) is 23.6. The highest BCUT2D eigenvalue weighted by molar-refractivity contribution is 7.07. The molecule has 2 atom stereocenters. The Bertz CT molecular complexity index is 366. The van der Waals surface area contributed by atoms with Gasteiger partial charge in [-0.3, -0.25) is 0 Å². The summed E-state index contributed by atoms with van der Waals surface area (Å²) in [5, 5.41) is 8.27. The van der Waals surface area contributed by atoms with Gasteiger partial charge in [0.25, 0.3) is 0 Å². The van der Waals surface area contributed by atoms with Crippen LogP contribution < -0.4 is 5.32 Å². The van der Waals surface area contributed by atoms with Crippen LogP contribution >= 0.6 is 11.3 Å². The minimum Gasteiger partial charge on any atom is -0.312 e. The van der Waals surface area contributed by atoms with E-state index in [1.54, 1.807) is 11.3 Å². The number of thiophene rings is 1. The van der Waals surface area contributed by atoms with Crippen molar-refractivity contribution in [3.8, 4) is 0 Å². The van der Waals surface area contributed by atoms with E-state index >= 15 is 0 Å². The first-order chi connectivity index (χ1) is 9.70. The standard InChI is InChI=1S/C16H29N3S/c1-4-7-17-15(11-14-6-10-20-13-14)16-12-18(2)8-5-9-19(16)3/h6,10,13,15-17H,4-5,7-9,11-12H2,1-3H3. The van der Waals surface area contributed by atoms with Crippen LogP contribution in [0.4, 0.5) is 0 Å². The maximum Gasteiger partial charge on any atom is 0.0376 e. The summed E-state index contributed by atoms with van der Waals surface area (Å²) in [6.45, 7) is 6.96. The zero-order valence-corrected chi connectivity index (χ0v) is 14.0. The lowest BCUT2D eigenvalue weighted by atomic mass is 9.99. The first-order valence-electron chi connectivity index (χ1n) is 7.84. The second-order valence-electron chi connectivity index (χ2n) is 6.06. The van der Waals surface area contributed by atoms with Gasteiger partial charge in [0.1, 0.15) is 0 Å². The Labute approximate surface area is 128 Å². The predicted molar refractivity (Wildman–Crippen MR) is 88.6 cm³/mol. The van der Waals surface area contributed by atoms with Crippen molar-refractivity contribution in [1.82, 2.24) is 15.1 Å². The largest absolute Gasteiger partial charge is 0.312 e. The van der Waals surface area contributed by atoms with E-state index in [9.17, 15) is 0 Å². The Balaban J connectivity index is 2.06. The second kappa shape index (κ2) is 8.13. The van der Waals surface area contributed by atoms with Crippen LogP contribution in [-0.4, -0.2) is 62.2 Å². The summed E-state index contributed by atoms with van der Waals surface area (Å²) in [5.41, 5.74) is 1.48. The molecule has 1 fully saturated rings. The Hall–Kier alpha value is -0.420. The van der Waals surface area contributed by atoms with Crippen molar-refractivity contribution in [2.24, 2.45) is 0 Å². The number of likely N-dealkylation sites (N-methyl/N-ethyl adjacent to an activating group) is 2. The molecule has 20 heavy (non-hydrogen) atoms. The molecule has 0 amide bonds. The van der Waals surface area contributed by atoms with Gasteiger partial charge in [0.05, 0.1) is 0 Å². The molecule has 1 aromatic heterocycles. The molecule has 0 saturated carbocycles. The summed E-state index contributed by atoms with van der Waals surface area (Å²) in [4.78, 5) is 5.05. The van der Waals surface area contributed by atoms with Crippen LogP contribution in [0.3, 0.4) is 0 Å². The van der Waals surface area contributed by atoms with Gasteiger partial charge in [-0.1, -0.05) is 6.92 Å². The highest BCUT2D eigenvalue weighted by Gasteiger charge is 2.28. The van der Waals surface area contributed by atoms with E-state index in [0.29, 0.717) is 12.1 Å². The van der Waals surface area contributed by atoms with Crippen LogP contribution in [0.25, 0.3) is 0 Å². The average Bonchev–Trinajstić information content (AvgIpc) is 2.87. The van der Waals surface area contributed by atoms with Gasteiger partial charge in [0.15, 0.2) is 0 Å².